The number of hydrogen-bond acceptors (Lipinski definition) is 5. The number of anilines is 2. The average Bonchev–Trinajstić information content (AvgIpc) is 2.89. The maximum Gasteiger partial charge on any atom is 0.335 e. The molecule has 0 aliphatic heterocycles. The van der Waals surface area contributed by atoms with Crippen LogP contribution in [-0.4, -0.2) is 31.0 Å². The van der Waals surface area contributed by atoms with E-state index in [1.807, 2.05) is 0 Å². The summed E-state index contributed by atoms with van der Waals surface area (Å²) in [5.74, 6) is -0.366. The van der Waals surface area contributed by atoms with Gasteiger partial charge in [-0.25, -0.2) is 19.7 Å². The minimum atomic E-state index is -0.954. The van der Waals surface area contributed by atoms with Crippen molar-refractivity contribution in [2.75, 3.05) is 5.32 Å². The van der Waals surface area contributed by atoms with E-state index in [0.717, 1.165) is 5.69 Å². The summed E-state index contributed by atoms with van der Waals surface area (Å²) in [7, 11) is 0. The number of carbonyl (C=O) groups is 1. The fourth-order valence-electron chi connectivity index (χ4n) is 1.69. The lowest BCUT2D eigenvalue weighted by molar-refractivity contribution is 0.0697. The number of carboxylic acids is 1. The first kappa shape index (κ1) is 13.8. The maximum atomic E-state index is 10.8. The number of benzene rings is 1. The van der Waals surface area contributed by atoms with Crippen molar-refractivity contribution in [3.05, 3.63) is 42.5 Å². The van der Waals surface area contributed by atoms with Crippen LogP contribution in [0, 0.1) is 0 Å². The van der Waals surface area contributed by atoms with Crippen LogP contribution in [0.3, 0.4) is 0 Å². The number of imidazole rings is 1. The average molecular weight is 292 g/mol. The Hall–Kier alpha value is -2.67. The van der Waals surface area contributed by atoms with E-state index in [9.17, 15) is 4.79 Å². The molecule has 3 rings (SSSR count). The van der Waals surface area contributed by atoms with Gasteiger partial charge in [0, 0.05) is 5.69 Å². The summed E-state index contributed by atoms with van der Waals surface area (Å²) in [6.45, 7) is 0. The number of halogens is 1. The van der Waals surface area contributed by atoms with Gasteiger partial charge in [-0.3, -0.25) is 0 Å². The molecule has 0 saturated heterocycles. The number of fused-ring (bicyclic) bond motifs is 1. The number of rotatable bonds is 3. The van der Waals surface area contributed by atoms with Crippen LogP contribution in [0.25, 0.3) is 11.2 Å². The molecular weight excluding hydrogens is 282 g/mol. The molecule has 0 fully saturated rings. The monoisotopic (exact) mass is 291 g/mol. The van der Waals surface area contributed by atoms with Crippen LogP contribution in [0.1, 0.15) is 10.4 Å². The van der Waals surface area contributed by atoms with Gasteiger partial charge < -0.3 is 15.4 Å². The fraction of sp³-hybridized carbons (Fsp3) is 0. The third-order valence-corrected chi connectivity index (χ3v) is 2.62. The molecule has 0 atom stereocenters. The Balaban J connectivity index is 0.00000147. The summed E-state index contributed by atoms with van der Waals surface area (Å²) in [6, 6.07) is 6.40. The maximum absolute atomic E-state index is 10.8. The number of nitrogens with zero attached hydrogens (tertiary/aromatic N) is 3. The highest BCUT2D eigenvalue weighted by atomic mass is 35.5. The third kappa shape index (κ3) is 2.52. The Kier molecular flexibility index (Phi) is 3.81. The van der Waals surface area contributed by atoms with Gasteiger partial charge in [-0.2, -0.15) is 0 Å². The topological polar surface area (TPSA) is 104 Å². The molecule has 3 aromatic rings. The summed E-state index contributed by atoms with van der Waals surface area (Å²) >= 11 is 0. The van der Waals surface area contributed by atoms with Crippen LogP contribution in [0.4, 0.5) is 11.5 Å². The molecule has 0 amide bonds. The minimum Gasteiger partial charge on any atom is -0.478 e. The zero-order valence-corrected chi connectivity index (χ0v) is 10.9. The normalized spacial score (nSPS) is 10.0. The Morgan fingerprint density at radius 2 is 1.90 bits per heavy atom. The second-order valence-corrected chi connectivity index (χ2v) is 3.83. The minimum absolute atomic E-state index is 0. The van der Waals surface area contributed by atoms with Crippen LogP contribution in [0.5, 0.6) is 0 Å². The smallest absolute Gasteiger partial charge is 0.335 e. The van der Waals surface area contributed by atoms with Crippen molar-refractivity contribution in [2.45, 2.75) is 0 Å². The number of aromatic amines is 1. The highest BCUT2D eigenvalue weighted by Crippen LogP contribution is 2.20. The molecular formula is C12H10ClN5O2. The largest absolute Gasteiger partial charge is 0.478 e. The first-order valence-corrected chi connectivity index (χ1v) is 5.48. The molecule has 20 heavy (non-hydrogen) atoms. The molecule has 0 radical (unpaired) electrons. The molecule has 2 aromatic heterocycles. The van der Waals surface area contributed by atoms with Crippen LogP contribution < -0.4 is 5.32 Å². The molecule has 7 nitrogen and oxygen atoms in total. The first-order valence-electron chi connectivity index (χ1n) is 5.48. The van der Waals surface area contributed by atoms with E-state index in [1.165, 1.54) is 24.8 Å². The molecule has 0 aliphatic carbocycles. The fourth-order valence-corrected chi connectivity index (χ4v) is 1.69. The van der Waals surface area contributed by atoms with Gasteiger partial charge in [-0.15, -0.1) is 12.4 Å². The summed E-state index contributed by atoms with van der Waals surface area (Å²) in [5.41, 5.74) is 2.24. The predicted octanol–water partition coefficient (Wildman–Crippen LogP) is 2.22. The van der Waals surface area contributed by atoms with Crippen molar-refractivity contribution in [3.8, 4) is 0 Å². The van der Waals surface area contributed by atoms with Gasteiger partial charge in [0.05, 0.1) is 11.9 Å². The second-order valence-electron chi connectivity index (χ2n) is 3.83. The van der Waals surface area contributed by atoms with Crippen molar-refractivity contribution >= 4 is 41.0 Å². The zero-order valence-electron chi connectivity index (χ0n) is 10.1. The Bertz CT molecular complexity index is 741. The van der Waals surface area contributed by atoms with Gasteiger partial charge in [0.2, 0.25) is 0 Å². The number of aromatic nitrogens is 4. The zero-order chi connectivity index (χ0) is 13.2. The molecule has 0 bridgehead atoms. The number of H-pyrrole nitrogens is 1. The van der Waals surface area contributed by atoms with Gasteiger partial charge in [-0.05, 0) is 24.3 Å². The van der Waals surface area contributed by atoms with Crippen LogP contribution in [0.2, 0.25) is 0 Å². The van der Waals surface area contributed by atoms with E-state index in [0.29, 0.717) is 17.0 Å². The molecule has 0 saturated carbocycles. The predicted molar refractivity (Wildman–Crippen MR) is 75.6 cm³/mol. The van der Waals surface area contributed by atoms with E-state index >= 15 is 0 Å². The van der Waals surface area contributed by atoms with Gasteiger partial charge >= 0.3 is 5.97 Å². The van der Waals surface area contributed by atoms with Crippen molar-refractivity contribution in [1.29, 1.82) is 0 Å². The van der Waals surface area contributed by atoms with E-state index in [2.05, 4.69) is 25.3 Å². The van der Waals surface area contributed by atoms with Gasteiger partial charge in [0.25, 0.3) is 0 Å². The quantitative estimate of drug-likeness (QED) is 0.683. The van der Waals surface area contributed by atoms with Crippen molar-refractivity contribution < 1.29 is 9.90 Å². The lowest BCUT2D eigenvalue weighted by atomic mass is 10.2. The van der Waals surface area contributed by atoms with E-state index in [1.54, 1.807) is 12.1 Å². The Morgan fingerprint density at radius 3 is 2.60 bits per heavy atom. The lowest BCUT2D eigenvalue weighted by Gasteiger charge is -2.05. The SMILES string of the molecule is Cl.O=C(O)c1ccc(Nc2ncnc3nc[nH]c23)cc1. The van der Waals surface area contributed by atoms with E-state index in [-0.39, 0.29) is 18.0 Å². The van der Waals surface area contributed by atoms with E-state index in [4.69, 9.17) is 5.11 Å². The third-order valence-electron chi connectivity index (χ3n) is 2.62. The van der Waals surface area contributed by atoms with Crippen molar-refractivity contribution in [3.63, 3.8) is 0 Å². The standard InChI is InChI=1S/C12H9N5O2.ClH/c18-12(19)7-1-3-8(4-2-7)17-11-9-10(14-5-13-9)15-6-16-11;/h1-6H,(H,18,19)(H2,13,14,15,16,17);1H. The highest BCUT2D eigenvalue weighted by Gasteiger charge is 2.06. The van der Waals surface area contributed by atoms with Crippen LogP contribution in [0.15, 0.2) is 36.9 Å². The number of aromatic carboxylic acids is 1. The lowest BCUT2D eigenvalue weighted by Crippen LogP contribution is -1.98. The van der Waals surface area contributed by atoms with Gasteiger partial charge in [-0.1, -0.05) is 0 Å². The molecule has 0 unspecified atom stereocenters. The molecule has 3 N–H and O–H groups in total. The van der Waals surface area contributed by atoms with E-state index < -0.39 is 5.97 Å². The molecule has 102 valence electrons. The second kappa shape index (κ2) is 5.54. The highest BCUT2D eigenvalue weighted by molar-refractivity contribution is 5.89. The summed E-state index contributed by atoms with van der Waals surface area (Å²) in [6.07, 6.45) is 2.95. The van der Waals surface area contributed by atoms with Gasteiger partial charge in [0.15, 0.2) is 11.5 Å². The summed E-state index contributed by atoms with van der Waals surface area (Å²) in [4.78, 5) is 25.9. The number of carboxylic acid groups (broad SMARTS) is 1. The Labute approximate surface area is 119 Å². The first-order chi connectivity index (χ1) is 9.24. The summed E-state index contributed by atoms with van der Waals surface area (Å²) in [5, 5.41) is 11.9. The Morgan fingerprint density at radius 1 is 1.15 bits per heavy atom. The molecule has 2 heterocycles. The molecule has 8 heteroatoms. The molecule has 0 spiro atoms. The summed E-state index contributed by atoms with van der Waals surface area (Å²) < 4.78 is 0. The molecule has 0 aliphatic rings. The van der Waals surface area contributed by atoms with Crippen LogP contribution in [-0.2, 0) is 0 Å². The number of hydrogen-bond donors (Lipinski definition) is 3. The van der Waals surface area contributed by atoms with Crippen LogP contribution >= 0.6 is 12.4 Å². The molecule has 1 aromatic carbocycles. The van der Waals surface area contributed by atoms with Gasteiger partial charge in [0.1, 0.15) is 11.8 Å². The van der Waals surface area contributed by atoms with Crippen molar-refractivity contribution in [2.24, 2.45) is 0 Å². The van der Waals surface area contributed by atoms with Crippen molar-refractivity contribution in [1.82, 2.24) is 19.9 Å². The number of nitrogens with one attached hydrogen (secondary N) is 2.